The Labute approximate surface area is 124 Å². The Bertz CT molecular complexity index is 434. The van der Waals surface area contributed by atoms with Gasteiger partial charge in [0.25, 0.3) is 0 Å². The molecule has 0 saturated heterocycles. The monoisotopic (exact) mass is 295 g/mol. The lowest BCUT2D eigenvalue weighted by molar-refractivity contribution is -0.138. The molecular weight excluding hydrogens is 274 g/mol. The molecule has 1 rings (SSSR count). The number of hydrogen-bond acceptors (Lipinski definition) is 3. The van der Waals surface area contributed by atoms with Gasteiger partial charge in [-0.2, -0.15) is 0 Å². The molecule has 0 aliphatic carbocycles. The number of benzene rings is 1. The average molecular weight is 295 g/mol. The van der Waals surface area contributed by atoms with Gasteiger partial charge in [-0.3, -0.25) is 9.59 Å². The molecule has 0 aliphatic rings. The number of carboxylic acids is 1. The number of nitrogens with one attached hydrogen (secondary N) is 1. The van der Waals surface area contributed by atoms with E-state index in [1.807, 2.05) is 44.2 Å². The van der Waals surface area contributed by atoms with Crippen LogP contribution in [0.4, 0.5) is 0 Å². The minimum atomic E-state index is -0.888. The van der Waals surface area contributed by atoms with Crippen LogP contribution in [0.1, 0.15) is 25.8 Å². The van der Waals surface area contributed by atoms with E-state index in [0.717, 1.165) is 5.75 Å². The third-order valence-corrected chi connectivity index (χ3v) is 3.89. The second-order valence-corrected chi connectivity index (χ2v) is 5.98. The molecule has 1 aromatic rings. The summed E-state index contributed by atoms with van der Waals surface area (Å²) < 4.78 is 0. The summed E-state index contributed by atoms with van der Waals surface area (Å²) in [6.45, 7) is 3.82. The fraction of sp³-hybridized carbons (Fsp3) is 0.467. The first-order valence-electron chi connectivity index (χ1n) is 6.62. The van der Waals surface area contributed by atoms with Crippen molar-refractivity contribution in [3.63, 3.8) is 0 Å². The lowest BCUT2D eigenvalue weighted by Gasteiger charge is -2.20. The smallest absolute Gasteiger partial charge is 0.305 e. The number of carboxylic acid groups (broad SMARTS) is 1. The van der Waals surface area contributed by atoms with Crippen LogP contribution in [-0.2, 0) is 15.3 Å². The van der Waals surface area contributed by atoms with Crippen LogP contribution in [0.3, 0.4) is 0 Å². The number of rotatable bonds is 8. The summed E-state index contributed by atoms with van der Waals surface area (Å²) in [5.74, 6) is 0.234. The Morgan fingerprint density at radius 1 is 1.25 bits per heavy atom. The average Bonchev–Trinajstić information content (AvgIpc) is 2.38. The van der Waals surface area contributed by atoms with E-state index in [1.165, 1.54) is 17.3 Å². The van der Waals surface area contributed by atoms with Crippen LogP contribution >= 0.6 is 11.8 Å². The van der Waals surface area contributed by atoms with Gasteiger partial charge in [-0.15, -0.1) is 11.8 Å². The Morgan fingerprint density at radius 3 is 2.45 bits per heavy atom. The Kier molecular flexibility index (Phi) is 7.15. The van der Waals surface area contributed by atoms with Gasteiger partial charge in [0.2, 0.25) is 5.91 Å². The summed E-state index contributed by atoms with van der Waals surface area (Å²) in [7, 11) is 0. The zero-order valence-electron chi connectivity index (χ0n) is 11.8. The molecule has 1 unspecified atom stereocenters. The van der Waals surface area contributed by atoms with Gasteiger partial charge in [0, 0.05) is 11.8 Å². The summed E-state index contributed by atoms with van der Waals surface area (Å²) in [4.78, 5) is 22.5. The van der Waals surface area contributed by atoms with E-state index in [9.17, 15) is 9.59 Å². The van der Waals surface area contributed by atoms with E-state index in [1.54, 1.807) is 0 Å². The molecule has 0 bridgehead atoms. The highest BCUT2D eigenvalue weighted by Crippen LogP contribution is 2.12. The lowest BCUT2D eigenvalue weighted by atomic mass is 10.0. The fourth-order valence-corrected chi connectivity index (χ4v) is 2.52. The van der Waals surface area contributed by atoms with Crippen molar-refractivity contribution in [2.24, 2.45) is 5.92 Å². The van der Waals surface area contributed by atoms with Crippen LogP contribution < -0.4 is 5.32 Å². The zero-order valence-corrected chi connectivity index (χ0v) is 12.7. The lowest BCUT2D eigenvalue weighted by Crippen LogP contribution is -2.41. The minimum Gasteiger partial charge on any atom is -0.481 e. The van der Waals surface area contributed by atoms with Crippen molar-refractivity contribution in [3.05, 3.63) is 35.9 Å². The molecule has 20 heavy (non-hydrogen) atoms. The zero-order chi connectivity index (χ0) is 15.0. The predicted molar refractivity (Wildman–Crippen MR) is 81.6 cm³/mol. The highest BCUT2D eigenvalue weighted by Gasteiger charge is 2.19. The predicted octanol–water partition coefficient (Wildman–Crippen LogP) is 2.54. The molecule has 0 radical (unpaired) electrons. The quantitative estimate of drug-likeness (QED) is 0.773. The second kappa shape index (κ2) is 8.64. The van der Waals surface area contributed by atoms with Gasteiger partial charge in [-0.1, -0.05) is 44.2 Å². The van der Waals surface area contributed by atoms with Gasteiger partial charge in [0.05, 0.1) is 12.2 Å². The van der Waals surface area contributed by atoms with Crippen molar-refractivity contribution in [1.82, 2.24) is 5.32 Å². The van der Waals surface area contributed by atoms with E-state index >= 15 is 0 Å². The maximum Gasteiger partial charge on any atom is 0.305 e. The van der Waals surface area contributed by atoms with Gasteiger partial charge in [-0.25, -0.2) is 0 Å². The molecule has 5 heteroatoms. The van der Waals surface area contributed by atoms with Crippen LogP contribution in [0.5, 0.6) is 0 Å². The molecule has 0 aromatic heterocycles. The largest absolute Gasteiger partial charge is 0.481 e. The first-order chi connectivity index (χ1) is 9.49. The minimum absolute atomic E-state index is 0.0350. The van der Waals surface area contributed by atoms with Crippen LogP contribution in [0.25, 0.3) is 0 Å². The highest BCUT2D eigenvalue weighted by atomic mass is 32.2. The molecule has 0 aliphatic heterocycles. The normalized spacial score (nSPS) is 12.2. The van der Waals surface area contributed by atoms with Crippen molar-refractivity contribution < 1.29 is 14.7 Å². The third-order valence-electron chi connectivity index (χ3n) is 2.89. The standard InChI is InChI=1S/C15H21NO3S/c1-11(2)13(8-15(18)19)16-14(17)10-20-9-12-6-4-3-5-7-12/h3-7,11,13H,8-10H2,1-2H3,(H,16,17)(H,18,19). The fourth-order valence-electron chi connectivity index (χ4n) is 1.73. The van der Waals surface area contributed by atoms with Crippen LogP contribution in [-0.4, -0.2) is 28.8 Å². The van der Waals surface area contributed by atoms with E-state index in [-0.39, 0.29) is 24.3 Å². The van der Waals surface area contributed by atoms with E-state index < -0.39 is 5.97 Å². The van der Waals surface area contributed by atoms with Gasteiger partial charge in [0.15, 0.2) is 0 Å². The Balaban J connectivity index is 2.33. The van der Waals surface area contributed by atoms with Crippen molar-refractivity contribution in [2.75, 3.05) is 5.75 Å². The number of carbonyl (C=O) groups is 2. The Morgan fingerprint density at radius 2 is 1.90 bits per heavy atom. The highest BCUT2D eigenvalue weighted by molar-refractivity contribution is 7.99. The van der Waals surface area contributed by atoms with E-state index in [4.69, 9.17) is 5.11 Å². The second-order valence-electron chi connectivity index (χ2n) is 4.99. The van der Waals surface area contributed by atoms with Crippen molar-refractivity contribution in [3.8, 4) is 0 Å². The van der Waals surface area contributed by atoms with Gasteiger partial charge < -0.3 is 10.4 Å². The van der Waals surface area contributed by atoms with E-state index in [2.05, 4.69) is 5.32 Å². The van der Waals surface area contributed by atoms with Crippen molar-refractivity contribution in [1.29, 1.82) is 0 Å². The number of hydrogen-bond donors (Lipinski definition) is 2. The summed E-state index contributed by atoms with van der Waals surface area (Å²) in [5.41, 5.74) is 1.18. The molecular formula is C15H21NO3S. The first-order valence-corrected chi connectivity index (χ1v) is 7.77. The molecule has 1 amide bonds. The number of amides is 1. The Hall–Kier alpha value is -1.49. The van der Waals surface area contributed by atoms with Crippen molar-refractivity contribution >= 4 is 23.6 Å². The molecule has 0 fully saturated rings. The maximum atomic E-state index is 11.8. The molecule has 0 spiro atoms. The molecule has 4 nitrogen and oxygen atoms in total. The van der Waals surface area contributed by atoms with Gasteiger partial charge in [0.1, 0.15) is 0 Å². The van der Waals surface area contributed by atoms with Gasteiger partial charge >= 0.3 is 5.97 Å². The summed E-state index contributed by atoms with van der Waals surface area (Å²) in [5, 5.41) is 11.6. The van der Waals surface area contributed by atoms with Crippen LogP contribution in [0, 0.1) is 5.92 Å². The summed E-state index contributed by atoms with van der Waals surface area (Å²) >= 11 is 1.53. The number of aliphatic carboxylic acids is 1. The number of thioether (sulfide) groups is 1. The molecule has 1 atom stereocenters. The first kappa shape index (κ1) is 16.6. The van der Waals surface area contributed by atoms with Crippen LogP contribution in [0.15, 0.2) is 30.3 Å². The molecule has 0 heterocycles. The molecule has 0 saturated carbocycles. The number of carbonyl (C=O) groups excluding carboxylic acids is 1. The van der Waals surface area contributed by atoms with E-state index in [0.29, 0.717) is 5.75 Å². The van der Waals surface area contributed by atoms with Gasteiger partial charge in [-0.05, 0) is 11.5 Å². The third kappa shape index (κ3) is 6.61. The maximum absolute atomic E-state index is 11.8. The van der Waals surface area contributed by atoms with Crippen LogP contribution in [0.2, 0.25) is 0 Å². The topological polar surface area (TPSA) is 66.4 Å². The molecule has 110 valence electrons. The SMILES string of the molecule is CC(C)C(CC(=O)O)NC(=O)CSCc1ccccc1. The summed E-state index contributed by atoms with van der Waals surface area (Å²) in [6.07, 6.45) is -0.0350. The van der Waals surface area contributed by atoms with Crippen molar-refractivity contribution in [2.45, 2.75) is 32.1 Å². The molecule has 1 aromatic carbocycles. The summed E-state index contributed by atoms with van der Waals surface area (Å²) in [6, 6.07) is 9.63. The molecule has 2 N–H and O–H groups in total.